The molecule has 4 heteroatoms. The van der Waals surface area contributed by atoms with E-state index in [4.69, 9.17) is 10.5 Å². The Hall–Kier alpha value is -0.220. The Balaban J connectivity index is 0.00000144. The van der Waals surface area contributed by atoms with Crippen LogP contribution in [-0.2, 0) is 0 Å². The average molecular weight is 311 g/mol. The van der Waals surface area contributed by atoms with Crippen molar-refractivity contribution < 1.29 is 4.74 Å². The summed E-state index contributed by atoms with van der Waals surface area (Å²) in [7, 11) is 0. The first-order valence-electron chi connectivity index (χ1n) is 3.87. The van der Waals surface area contributed by atoms with Gasteiger partial charge in [-0.15, -0.1) is 17.0 Å². The second-order valence-corrected chi connectivity index (χ2v) is 3.26. The third-order valence-electron chi connectivity index (χ3n) is 1.40. The maximum Gasteiger partial charge on any atom is 0.121 e. The van der Waals surface area contributed by atoms with Crippen LogP contribution in [0.3, 0.4) is 0 Å². The van der Waals surface area contributed by atoms with Gasteiger partial charge < -0.3 is 10.5 Å². The topological polar surface area (TPSA) is 35.2 Å². The van der Waals surface area contributed by atoms with Gasteiger partial charge in [0.15, 0.2) is 0 Å². The van der Waals surface area contributed by atoms with Gasteiger partial charge in [-0.2, -0.15) is 0 Å². The highest BCUT2D eigenvalue weighted by molar-refractivity contribution is 9.09. The van der Waals surface area contributed by atoms with Gasteiger partial charge in [0.1, 0.15) is 5.75 Å². The first kappa shape index (κ1) is 12.8. The fraction of sp³-hybridized carbons (Fsp3) is 0.333. The Morgan fingerprint density at radius 1 is 1.38 bits per heavy atom. The van der Waals surface area contributed by atoms with E-state index in [1.54, 1.807) is 0 Å². The zero-order valence-corrected chi connectivity index (χ0v) is 10.5. The molecule has 0 heterocycles. The van der Waals surface area contributed by atoms with Crippen molar-refractivity contribution >= 4 is 38.6 Å². The lowest BCUT2D eigenvalue weighted by molar-refractivity contribution is 0.319. The van der Waals surface area contributed by atoms with Crippen LogP contribution >= 0.6 is 32.9 Å². The first-order valence-corrected chi connectivity index (χ1v) is 4.99. The van der Waals surface area contributed by atoms with Gasteiger partial charge >= 0.3 is 0 Å². The lowest BCUT2D eigenvalue weighted by atomic mass is 10.3. The zero-order valence-electron chi connectivity index (χ0n) is 7.20. The van der Waals surface area contributed by atoms with Crippen molar-refractivity contribution in [2.24, 2.45) is 0 Å². The van der Waals surface area contributed by atoms with E-state index in [2.05, 4.69) is 15.9 Å². The van der Waals surface area contributed by atoms with Gasteiger partial charge in [-0.1, -0.05) is 22.0 Å². The summed E-state index contributed by atoms with van der Waals surface area (Å²) in [6, 6.07) is 7.47. The molecule has 1 aromatic rings. The van der Waals surface area contributed by atoms with Gasteiger partial charge in [0.05, 0.1) is 6.61 Å². The molecule has 0 radical (unpaired) electrons. The molecule has 0 aliphatic carbocycles. The van der Waals surface area contributed by atoms with E-state index in [1.165, 1.54) is 0 Å². The number of alkyl halides is 1. The van der Waals surface area contributed by atoms with Crippen molar-refractivity contribution in [1.82, 2.24) is 0 Å². The van der Waals surface area contributed by atoms with Crippen molar-refractivity contribution in [3.63, 3.8) is 0 Å². The second kappa shape index (κ2) is 7.21. The molecule has 74 valence electrons. The van der Waals surface area contributed by atoms with E-state index >= 15 is 0 Å². The van der Waals surface area contributed by atoms with Gasteiger partial charge in [-0.05, 0) is 18.6 Å². The van der Waals surface area contributed by atoms with Crippen molar-refractivity contribution in [3.05, 3.63) is 24.3 Å². The Bertz CT molecular complexity index is 243. The van der Waals surface area contributed by atoms with E-state index in [0.717, 1.165) is 29.8 Å². The van der Waals surface area contributed by atoms with Crippen LogP contribution in [0.5, 0.6) is 5.75 Å². The summed E-state index contributed by atoms with van der Waals surface area (Å²) in [4.78, 5) is 0. The number of halogens is 2. The predicted octanol–water partition coefficient (Wildman–Crippen LogP) is 3.01. The minimum Gasteiger partial charge on any atom is -0.493 e. The molecule has 2 N–H and O–H groups in total. The normalized spacial score (nSPS) is 9.00. The Morgan fingerprint density at radius 2 is 2.15 bits per heavy atom. The Labute approximate surface area is 97.4 Å². The summed E-state index contributed by atoms with van der Waals surface area (Å²) in [6.07, 6.45) is 1.01. The quantitative estimate of drug-likeness (QED) is 0.527. The molecule has 0 aromatic heterocycles. The molecular formula is C9H13Br2NO. The molecule has 0 spiro atoms. The van der Waals surface area contributed by atoms with Crippen LogP contribution in [-0.4, -0.2) is 11.9 Å². The first-order chi connectivity index (χ1) is 5.83. The molecule has 0 saturated heterocycles. The van der Waals surface area contributed by atoms with Gasteiger partial charge in [-0.25, -0.2) is 0 Å². The van der Waals surface area contributed by atoms with Crippen LogP contribution in [0.4, 0.5) is 5.69 Å². The molecule has 2 nitrogen and oxygen atoms in total. The van der Waals surface area contributed by atoms with Crippen molar-refractivity contribution in [3.8, 4) is 5.75 Å². The number of ether oxygens (including phenoxy) is 1. The molecule has 0 aliphatic rings. The fourth-order valence-corrected chi connectivity index (χ4v) is 1.08. The number of nitrogen functional groups attached to an aromatic ring is 1. The van der Waals surface area contributed by atoms with Crippen molar-refractivity contribution in [2.75, 3.05) is 17.7 Å². The minimum absolute atomic E-state index is 0. The number of benzene rings is 1. The van der Waals surface area contributed by atoms with Crippen LogP contribution < -0.4 is 10.5 Å². The summed E-state index contributed by atoms with van der Waals surface area (Å²) in [5, 5.41) is 0.968. The summed E-state index contributed by atoms with van der Waals surface area (Å²) in [5.74, 6) is 0.843. The van der Waals surface area contributed by atoms with Gasteiger partial charge in [0.2, 0.25) is 0 Å². The predicted molar refractivity (Wildman–Crippen MR) is 65.1 cm³/mol. The summed E-state index contributed by atoms with van der Waals surface area (Å²) in [5.41, 5.74) is 6.32. The van der Waals surface area contributed by atoms with E-state index in [0.29, 0.717) is 0 Å². The van der Waals surface area contributed by atoms with E-state index in [9.17, 15) is 0 Å². The van der Waals surface area contributed by atoms with Crippen molar-refractivity contribution in [1.29, 1.82) is 0 Å². The van der Waals surface area contributed by atoms with Gasteiger partial charge in [-0.3, -0.25) is 0 Å². The zero-order chi connectivity index (χ0) is 8.81. The Morgan fingerprint density at radius 3 is 2.77 bits per heavy atom. The van der Waals surface area contributed by atoms with Gasteiger partial charge in [0.25, 0.3) is 0 Å². The third kappa shape index (κ3) is 5.16. The third-order valence-corrected chi connectivity index (χ3v) is 1.97. The average Bonchev–Trinajstić information content (AvgIpc) is 2.05. The maximum absolute atomic E-state index is 5.57. The smallest absolute Gasteiger partial charge is 0.121 e. The number of rotatable bonds is 4. The molecule has 0 atom stereocenters. The van der Waals surface area contributed by atoms with E-state index < -0.39 is 0 Å². The summed E-state index contributed by atoms with van der Waals surface area (Å²) < 4.78 is 5.42. The number of anilines is 1. The van der Waals surface area contributed by atoms with Crippen LogP contribution in [0.15, 0.2) is 24.3 Å². The fourth-order valence-electron chi connectivity index (χ4n) is 0.849. The molecule has 1 aromatic carbocycles. The highest BCUT2D eigenvalue weighted by Crippen LogP contribution is 2.14. The van der Waals surface area contributed by atoms with Gasteiger partial charge in [0, 0.05) is 17.1 Å². The van der Waals surface area contributed by atoms with Crippen LogP contribution in [0.2, 0.25) is 0 Å². The second-order valence-electron chi connectivity index (χ2n) is 2.46. The van der Waals surface area contributed by atoms with E-state index in [1.807, 2.05) is 24.3 Å². The molecular weight excluding hydrogens is 298 g/mol. The summed E-state index contributed by atoms with van der Waals surface area (Å²) >= 11 is 3.33. The molecule has 13 heavy (non-hydrogen) atoms. The molecule has 0 unspecified atom stereocenters. The minimum atomic E-state index is 0. The maximum atomic E-state index is 5.57. The largest absolute Gasteiger partial charge is 0.493 e. The lowest BCUT2D eigenvalue weighted by Gasteiger charge is -2.04. The monoisotopic (exact) mass is 309 g/mol. The molecule has 0 amide bonds. The van der Waals surface area contributed by atoms with E-state index in [-0.39, 0.29) is 17.0 Å². The standard InChI is InChI=1S/C9H12BrNO.BrH/c10-5-2-6-12-9-4-1-3-8(11)7-9;/h1,3-4,7H,2,5-6,11H2;1H. The number of hydrogen-bond acceptors (Lipinski definition) is 2. The Kier molecular flexibility index (Phi) is 7.09. The lowest BCUT2D eigenvalue weighted by Crippen LogP contribution is -1.97. The summed E-state index contributed by atoms with van der Waals surface area (Å²) in [6.45, 7) is 0.731. The van der Waals surface area contributed by atoms with Crippen LogP contribution in [0.1, 0.15) is 6.42 Å². The molecule has 1 rings (SSSR count). The number of hydrogen-bond donors (Lipinski definition) is 1. The molecule has 0 fully saturated rings. The highest BCUT2D eigenvalue weighted by atomic mass is 79.9. The highest BCUT2D eigenvalue weighted by Gasteiger charge is 1.92. The van der Waals surface area contributed by atoms with Crippen LogP contribution in [0.25, 0.3) is 0 Å². The number of nitrogens with two attached hydrogens (primary N) is 1. The van der Waals surface area contributed by atoms with Crippen molar-refractivity contribution in [2.45, 2.75) is 6.42 Å². The van der Waals surface area contributed by atoms with Crippen LogP contribution in [0, 0.1) is 0 Å². The molecule has 0 saturated carbocycles. The SMILES string of the molecule is Br.Nc1cccc(OCCCBr)c1. The molecule has 0 bridgehead atoms. The molecule has 0 aliphatic heterocycles.